The van der Waals surface area contributed by atoms with Crippen LogP contribution in [0.5, 0.6) is 0 Å². The third kappa shape index (κ3) is 7.17. The van der Waals surface area contributed by atoms with Gasteiger partial charge in [0.1, 0.15) is 12.1 Å². The van der Waals surface area contributed by atoms with Crippen molar-refractivity contribution in [3.05, 3.63) is 66.2 Å². The summed E-state index contributed by atoms with van der Waals surface area (Å²) in [5.74, 6) is 2.41. The number of nitrogens with zero attached hydrogens (tertiary/aromatic N) is 5. The number of oxazole rings is 1. The Morgan fingerprint density at radius 2 is 1.85 bits per heavy atom. The number of halogens is 1. The van der Waals surface area contributed by atoms with Crippen molar-refractivity contribution in [1.82, 2.24) is 25.5 Å². The summed E-state index contributed by atoms with van der Waals surface area (Å²) in [6.45, 7) is 11.5. The van der Waals surface area contributed by atoms with Crippen LogP contribution in [0.2, 0.25) is 0 Å². The first-order chi connectivity index (χ1) is 16.2. The number of aliphatic imine (C=N–C) groups is 1. The highest BCUT2D eigenvalue weighted by Gasteiger charge is 2.16. The number of piperazine rings is 1. The molecule has 3 heterocycles. The second-order valence-electron chi connectivity index (χ2n) is 8.00. The number of likely N-dealkylation sites (N-methyl/N-ethyl adjacent to an activating group) is 1. The Labute approximate surface area is 218 Å². The second kappa shape index (κ2) is 13.3. The SMILES string of the molecule is CCNC(=NCc1ccnc(N2CCN(CC)CC2)c1)NCc1coc(-c2ccccc2)n1.I. The first-order valence-electron chi connectivity index (χ1n) is 11.7. The maximum atomic E-state index is 5.63. The standard InChI is InChI=1S/C25H33N7O.HI/c1-3-26-25(29-18-22-19-33-24(30-22)21-8-6-5-7-9-21)28-17-20-10-11-27-23(16-20)32-14-12-31(4-2)13-15-32;/h5-11,16,19H,3-4,12-15,17-18H2,1-2H3,(H2,26,28,29);1H. The molecule has 0 radical (unpaired) electrons. The molecule has 182 valence electrons. The zero-order valence-corrected chi connectivity index (χ0v) is 22.2. The van der Waals surface area contributed by atoms with Crippen molar-refractivity contribution in [2.24, 2.45) is 4.99 Å². The first-order valence-corrected chi connectivity index (χ1v) is 11.7. The molecule has 1 aromatic carbocycles. The van der Waals surface area contributed by atoms with E-state index in [-0.39, 0.29) is 24.0 Å². The van der Waals surface area contributed by atoms with E-state index in [4.69, 9.17) is 9.41 Å². The number of hydrogen-bond acceptors (Lipinski definition) is 6. The topological polar surface area (TPSA) is 81.8 Å². The molecule has 2 N–H and O–H groups in total. The van der Waals surface area contributed by atoms with Gasteiger partial charge in [-0.15, -0.1) is 24.0 Å². The molecule has 0 unspecified atom stereocenters. The highest BCUT2D eigenvalue weighted by molar-refractivity contribution is 14.0. The van der Waals surface area contributed by atoms with Crippen molar-refractivity contribution in [3.63, 3.8) is 0 Å². The van der Waals surface area contributed by atoms with Gasteiger partial charge in [-0.3, -0.25) is 0 Å². The van der Waals surface area contributed by atoms with Crippen molar-refractivity contribution >= 4 is 35.8 Å². The molecule has 9 heteroatoms. The number of benzene rings is 1. The first kappa shape index (κ1) is 26.0. The number of rotatable bonds is 8. The van der Waals surface area contributed by atoms with E-state index in [2.05, 4.69) is 50.3 Å². The van der Waals surface area contributed by atoms with Crippen molar-refractivity contribution < 1.29 is 4.42 Å². The molecule has 0 aliphatic carbocycles. The molecule has 8 nitrogen and oxygen atoms in total. The average Bonchev–Trinajstić information content (AvgIpc) is 3.36. The van der Waals surface area contributed by atoms with Crippen LogP contribution in [-0.4, -0.2) is 60.1 Å². The third-order valence-electron chi connectivity index (χ3n) is 5.73. The predicted molar refractivity (Wildman–Crippen MR) is 148 cm³/mol. The predicted octanol–water partition coefficient (Wildman–Crippen LogP) is 3.75. The minimum atomic E-state index is 0. The summed E-state index contributed by atoms with van der Waals surface area (Å²) in [6.07, 6.45) is 3.57. The van der Waals surface area contributed by atoms with Gasteiger partial charge in [0.2, 0.25) is 5.89 Å². The Bertz CT molecular complexity index is 1030. The van der Waals surface area contributed by atoms with Crippen LogP contribution >= 0.6 is 24.0 Å². The van der Waals surface area contributed by atoms with Gasteiger partial charge < -0.3 is 24.9 Å². The summed E-state index contributed by atoms with van der Waals surface area (Å²) in [5, 5.41) is 6.65. The van der Waals surface area contributed by atoms with Crippen molar-refractivity contribution in [3.8, 4) is 11.5 Å². The van der Waals surface area contributed by atoms with Crippen LogP contribution in [0, 0.1) is 0 Å². The number of anilines is 1. The molecule has 1 aliphatic rings. The molecule has 1 aliphatic heterocycles. The molecule has 3 aromatic rings. The van der Waals surface area contributed by atoms with Gasteiger partial charge in [-0.25, -0.2) is 15.0 Å². The fourth-order valence-corrected chi connectivity index (χ4v) is 3.81. The molecule has 34 heavy (non-hydrogen) atoms. The second-order valence-corrected chi connectivity index (χ2v) is 8.00. The van der Waals surface area contributed by atoms with Gasteiger partial charge in [0.15, 0.2) is 5.96 Å². The van der Waals surface area contributed by atoms with Crippen molar-refractivity contribution in [2.75, 3.05) is 44.2 Å². The molecule has 2 aromatic heterocycles. The average molecular weight is 575 g/mol. The van der Waals surface area contributed by atoms with Gasteiger partial charge >= 0.3 is 0 Å². The maximum absolute atomic E-state index is 5.63. The summed E-state index contributed by atoms with van der Waals surface area (Å²) < 4.78 is 5.63. The fourth-order valence-electron chi connectivity index (χ4n) is 3.81. The normalized spacial score (nSPS) is 14.5. The molecule has 0 bridgehead atoms. The number of nitrogens with one attached hydrogen (secondary N) is 2. The van der Waals surface area contributed by atoms with Gasteiger partial charge in [0, 0.05) is 44.5 Å². The van der Waals surface area contributed by atoms with Crippen LogP contribution in [-0.2, 0) is 13.1 Å². The van der Waals surface area contributed by atoms with Crippen LogP contribution in [0.4, 0.5) is 5.82 Å². The van der Waals surface area contributed by atoms with E-state index in [9.17, 15) is 0 Å². The summed E-state index contributed by atoms with van der Waals surface area (Å²) in [4.78, 5) is 18.8. The van der Waals surface area contributed by atoms with Gasteiger partial charge in [0.05, 0.1) is 18.8 Å². The molecular formula is C25H34IN7O. The smallest absolute Gasteiger partial charge is 0.226 e. The lowest BCUT2D eigenvalue weighted by atomic mass is 10.2. The molecular weight excluding hydrogens is 541 g/mol. The Morgan fingerprint density at radius 3 is 2.59 bits per heavy atom. The van der Waals surface area contributed by atoms with E-state index < -0.39 is 0 Å². The molecule has 0 amide bonds. The third-order valence-corrected chi connectivity index (χ3v) is 5.73. The molecule has 1 saturated heterocycles. The fraction of sp³-hybridized carbons (Fsp3) is 0.400. The van der Waals surface area contributed by atoms with Crippen LogP contribution in [0.15, 0.2) is 64.3 Å². The van der Waals surface area contributed by atoms with Crippen LogP contribution in [0.1, 0.15) is 25.1 Å². The van der Waals surface area contributed by atoms with E-state index in [0.717, 1.165) is 67.9 Å². The quantitative estimate of drug-likeness (QED) is 0.241. The Hall–Kier alpha value is -2.66. The zero-order valence-electron chi connectivity index (χ0n) is 19.9. The molecule has 0 atom stereocenters. The van der Waals surface area contributed by atoms with Gasteiger partial charge in [-0.05, 0) is 43.3 Å². The lowest BCUT2D eigenvalue weighted by Gasteiger charge is -2.34. The number of pyridine rings is 1. The molecule has 0 spiro atoms. The van der Waals surface area contributed by atoms with Crippen LogP contribution < -0.4 is 15.5 Å². The van der Waals surface area contributed by atoms with E-state index in [0.29, 0.717) is 19.0 Å². The van der Waals surface area contributed by atoms with E-state index in [1.807, 2.05) is 42.6 Å². The lowest BCUT2D eigenvalue weighted by molar-refractivity contribution is 0.270. The Morgan fingerprint density at radius 1 is 1.06 bits per heavy atom. The summed E-state index contributed by atoms with van der Waals surface area (Å²) in [6, 6.07) is 14.1. The largest absolute Gasteiger partial charge is 0.444 e. The molecule has 0 saturated carbocycles. The highest BCUT2D eigenvalue weighted by atomic mass is 127. The zero-order chi connectivity index (χ0) is 22.9. The number of guanidine groups is 1. The van der Waals surface area contributed by atoms with E-state index in [1.165, 1.54) is 0 Å². The van der Waals surface area contributed by atoms with Crippen molar-refractivity contribution in [1.29, 1.82) is 0 Å². The minimum absolute atomic E-state index is 0. The highest BCUT2D eigenvalue weighted by Crippen LogP contribution is 2.18. The monoisotopic (exact) mass is 575 g/mol. The minimum Gasteiger partial charge on any atom is -0.444 e. The van der Waals surface area contributed by atoms with Gasteiger partial charge in [0.25, 0.3) is 0 Å². The lowest BCUT2D eigenvalue weighted by Crippen LogP contribution is -2.46. The van der Waals surface area contributed by atoms with Gasteiger partial charge in [-0.1, -0.05) is 25.1 Å². The molecule has 4 rings (SSSR count). The number of hydrogen-bond donors (Lipinski definition) is 2. The van der Waals surface area contributed by atoms with Crippen molar-refractivity contribution in [2.45, 2.75) is 26.9 Å². The summed E-state index contributed by atoms with van der Waals surface area (Å²) in [5.41, 5.74) is 2.94. The molecule has 1 fully saturated rings. The Kier molecular flexibility index (Phi) is 10.1. The van der Waals surface area contributed by atoms with Crippen LogP contribution in [0.25, 0.3) is 11.5 Å². The summed E-state index contributed by atoms with van der Waals surface area (Å²) >= 11 is 0. The Balaban J connectivity index is 0.00000324. The van der Waals surface area contributed by atoms with Gasteiger partial charge in [-0.2, -0.15) is 0 Å². The maximum Gasteiger partial charge on any atom is 0.226 e. The van der Waals surface area contributed by atoms with E-state index in [1.54, 1.807) is 6.26 Å². The summed E-state index contributed by atoms with van der Waals surface area (Å²) in [7, 11) is 0. The van der Waals surface area contributed by atoms with E-state index >= 15 is 0 Å². The van der Waals surface area contributed by atoms with Crippen LogP contribution in [0.3, 0.4) is 0 Å². The number of aromatic nitrogens is 2.